The third-order valence-corrected chi connectivity index (χ3v) is 4.46. The van der Waals surface area contributed by atoms with E-state index in [1.54, 1.807) is 7.11 Å². The SMILES string of the molecule is COCCN(C(=O)C1CCNC1C)C(C)C1CC1. The van der Waals surface area contributed by atoms with Gasteiger partial charge in [0, 0.05) is 25.7 Å². The van der Waals surface area contributed by atoms with Crippen molar-refractivity contribution in [2.45, 2.75) is 45.2 Å². The van der Waals surface area contributed by atoms with E-state index in [4.69, 9.17) is 4.74 Å². The molecule has 1 aliphatic heterocycles. The number of methoxy groups -OCH3 is 1. The lowest BCUT2D eigenvalue weighted by Gasteiger charge is -2.32. The van der Waals surface area contributed by atoms with Crippen LogP contribution in [0.25, 0.3) is 0 Å². The molecule has 104 valence electrons. The summed E-state index contributed by atoms with van der Waals surface area (Å²) in [5, 5.41) is 3.37. The Labute approximate surface area is 110 Å². The summed E-state index contributed by atoms with van der Waals surface area (Å²) < 4.78 is 5.15. The number of amides is 1. The number of nitrogens with one attached hydrogen (secondary N) is 1. The van der Waals surface area contributed by atoms with Gasteiger partial charge in [0.1, 0.15) is 0 Å². The molecule has 0 aromatic rings. The summed E-state index contributed by atoms with van der Waals surface area (Å²) in [6.45, 7) is 6.64. The highest BCUT2D eigenvalue weighted by atomic mass is 16.5. The molecule has 2 rings (SSSR count). The zero-order chi connectivity index (χ0) is 13.1. The Morgan fingerprint density at radius 2 is 2.17 bits per heavy atom. The van der Waals surface area contributed by atoms with Gasteiger partial charge in [-0.2, -0.15) is 0 Å². The number of rotatable bonds is 6. The van der Waals surface area contributed by atoms with Gasteiger partial charge in [0.25, 0.3) is 0 Å². The first kappa shape index (κ1) is 13.8. The van der Waals surface area contributed by atoms with Gasteiger partial charge in [0.2, 0.25) is 5.91 Å². The van der Waals surface area contributed by atoms with Crippen molar-refractivity contribution in [3.63, 3.8) is 0 Å². The van der Waals surface area contributed by atoms with Crippen LogP contribution in [0.15, 0.2) is 0 Å². The molecular formula is C14H26N2O2. The number of carbonyl (C=O) groups excluding carboxylic acids is 1. The van der Waals surface area contributed by atoms with E-state index in [1.807, 2.05) is 0 Å². The van der Waals surface area contributed by atoms with Crippen LogP contribution in [0, 0.1) is 11.8 Å². The normalized spacial score (nSPS) is 29.3. The number of carbonyl (C=O) groups is 1. The fourth-order valence-electron chi connectivity index (χ4n) is 2.95. The van der Waals surface area contributed by atoms with Crippen molar-refractivity contribution in [2.24, 2.45) is 11.8 Å². The van der Waals surface area contributed by atoms with Gasteiger partial charge in [-0.05, 0) is 45.6 Å². The molecule has 0 aromatic heterocycles. The standard InChI is InChI=1S/C14H26N2O2/c1-10-13(6-7-15-10)14(17)16(8-9-18-3)11(2)12-4-5-12/h10-13,15H,4-9H2,1-3H3. The van der Waals surface area contributed by atoms with Crippen molar-refractivity contribution in [3.8, 4) is 0 Å². The lowest BCUT2D eigenvalue weighted by atomic mass is 9.99. The molecule has 4 heteroatoms. The molecule has 1 saturated carbocycles. The molecule has 18 heavy (non-hydrogen) atoms. The molecule has 1 heterocycles. The molecule has 0 radical (unpaired) electrons. The third kappa shape index (κ3) is 3.04. The zero-order valence-electron chi connectivity index (χ0n) is 11.8. The molecule has 1 saturated heterocycles. The molecule has 0 aromatic carbocycles. The quantitative estimate of drug-likeness (QED) is 0.776. The first-order chi connectivity index (χ1) is 8.65. The Kier molecular flexibility index (Phi) is 4.62. The highest BCUT2D eigenvalue weighted by Gasteiger charge is 2.38. The number of nitrogens with zero attached hydrogens (tertiary/aromatic N) is 1. The van der Waals surface area contributed by atoms with Crippen molar-refractivity contribution in [3.05, 3.63) is 0 Å². The maximum Gasteiger partial charge on any atom is 0.227 e. The molecule has 0 bridgehead atoms. The Balaban J connectivity index is 1.99. The van der Waals surface area contributed by atoms with Gasteiger partial charge in [-0.15, -0.1) is 0 Å². The molecule has 0 spiro atoms. The van der Waals surface area contributed by atoms with E-state index in [0.29, 0.717) is 24.6 Å². The maximum absolute atomic E-state index is 12.7. The van der Waals surface area contributed by atoms with Crippen molar-refractivity contribution < 1.29 is 9.53 Å². The highest BCUT2D eigenvalue weighted by molar-refractivity contribution is 5.80. The highest BCUT2D eigenvalue weighted by Crippen LogP contribution is 2.36. The molecule has 1 aliphatic carbocycles. The van der Waals surface area contributed by atoms with Gasteiger partial charge in [-0.25, -0.2) is 0 Å². The van der Waals surface area contributed by atoms with Crippen LogP contribution in [-0.4, -0.2) is 49.7 Å². The smallest absolute Gasteiger partial charge is 0.227 e. The van der Waals surface area contributed by atoms with Crippen molar-refractivity contribution in [2.75, 3.05) is 26.8 Å². The lowest BCUT2D eigenvalue weighted by Crippen LogP contribution is -2.47. The summed E-state index contributed by atoms with van der Waals surface area (Å²) in [7, 11) is 1.70. The molecule has 4 nitrogen and oxygen atoms in total. The molecule has 3 unspecified atom stereocenters. The van der Waals surface area contributed by atoms with Gasteiger partial charge >= 0.3 is 0 Å². The molecular weight excluding hydrogens is 228 g/mol. The average molecular weight is 254 g/mol. The van der Waals surface area contributed by atoms with Gasteiger partial charge in [0.05, 0.1) is 12.5 Å². The summed E-state index contributed by atoms with van der Waals surface area (Å²) in [6.07, 6.45) is 3.52. The van der Waals surface area contributed by atoms with E-state index in [0.717, 1.165) is 25.4 Å². The molecule has 1 N–H and O–H groups in total. The summed E-state index contributed by atoms with van der Waals surface area (Å²) in [5.41, 5.74) is 0. The average Bonchev–Trinajstić information content (AvgIpc) is 3.12. The van der Waals surface area contributed by atoms with Gasteiger partial charge in [-0.3, -0.25) is 4.79 Å². The monoisotopic (exact) mass is 254 g/mol. The molecule has 2 fully saturated rings. The number of hydrogen-bond acceptors (Lipinski definition) is 3. The first-order valence-electron chi connectivity index (χ1n) is 7.18. The largest absolute Gasteiger partial charge is 0.383 e. The van der Waals surface area contributed by atoms with E-state index < -0.39 is 0 Å². The van der Waals surface area contributed by atoms with Crippen LogP contribution >= 0.6 is 0 Å². The van der Waals surface area contributed by atoms with Crippen LogP contribution in [-0.2, 0) is 9.53 Å². The van der Waals surface area contributed by atoms with Gasteiger partial charge in [0.15, 0.2) is 0 Å². The lowest BCUT2D eigenvalue weighted by molar-refractivity contribution is -0.139. The predicted molar refractivity (Wildman–Crippen MR) is 71.3 cm³/mol. The molecule has 3 atom stereocenters. The first-order valence-corrected chi connectivity index (χ1v) is 7.18. The van der Waals surface area contributed by atoms with Crippen molar-refractivity contribution in [1.29, 1.82) is 0 Å². The Morgan fingerprint density at radius 1 is 1.44 bits per heavy atom. The Hall–Kier alpha value is -0.610. The summed E-state index contributed by atoms with van der Waals surface area (Å²) in [4.78, 5) is 14.7. The van der Waals surface area contributed by atoms with Gasteiger partial charge < -0.3 is 15.0 Å². The van der Waals surface area contributed by atoms with Crippen LogP contribution in [0.2, 0.25) is 0 Å². The maximum atomic E-state index is 12.7. The van der Waals surface area contributed by atoms with Crippen LogP contribution in [0.4, 0.5) is 0 Å². The Morgan fingerprint density at radius 3 is 2.67 bits per heavy atom. The fraction of sp³-hybridized carbons (Fsp3) is 0.929. The van der Waals surface area contributed by atoms with Crippen LogP contribution in [0.3, 0.4) is 0 Å². The summed E-state index contributed by atoms with van der Waals surface area (Å²) in [5.74, 6) is 1.20. The zero-order valence-corrected chi connectivity index (χ0v) is 11.8. The van der Waals surface area contributed by atoms with Crippen LogP contribution in [0.1, 0.15) is 33.1 Å². The minimum absolute atomic E-state index is 0.156. The summed E-state index contributed by atoms with van der Waals surface area (Å²) in [6, 6.07) is 0.689. The minimum Gasteiger partial charge on any atom is -0.383 e. The van der Waals surface area contributed by atoms with Crippen LogP contribution < -0.4 is 5.32 Å². The fourth-order valence-corrected chi connectivity index (χ4v) is 2.95. The van der Waals surface area contributed by atoms with Crippen LogP contribution in [0.5, 0.6) is 0 Å². The van der Waals surface area contributed by atoms with Crippen molar-refractivity contribution >= 4 is 5.91 Å². The van der Waals surface area contributed by atoms with E-state index in [9.17, 15) is 4.79 Å². The van der Waals surface area contributed by atoms with E-state index in [2.05, 4.69) is 24.1 Å². The van der Waals surface area contributed by atoms with Crippen molar-refractivity contribution in [1.82, 2.24) is 10.2 Å². The molecule has 1 amide bonds. The third-order valence-electron chi connectivity index (χ3n) is 4.46. The van der Waals surface area contributed by atoms with Gasteiger partial charge in [-0.1, -0.05) is 0 Å². The predicted octanol–water partition coefficient (Wildman–Crippen LogP) is 1.26. The topological polar surface area (TPSA) is 41.6 Å². The summed E-state index contributed by atoms with van der Waals surface area (Å²) >= 11 is 0. The van der Waals surface area contributed by atoms with E-state index in [-0.39, 0.29) is 5.92 Å². The molecule has 2 aliphatic rings. The minimum atomic E-state index is 0.156. The van der Waals surface area contributed by atoms with E-state index >= 15 is 0 Å². The Bertz CT molecular complexity index is 292. The second-order valence-electron chi connectivity index (χ2n) is 5.74. The van der Waals surface area contributed by atoms with E-state index in [1.165, 1.54) is 12.8 Å². The second-order valence-corrected chi connectivity index (χ2v) is 5.74. The second kappa shape index (κ2) is 6.02. The number of hydrogen-bond donors (Lipinski definition) is 1. The number of ether oxygens (including phenoxy) is 1.